The van der Waals surface area contributed by atoms with Gasteiger partial charge in [-0.15, -0.1) is 0 Å². The second-order valence-electron chi connectivity index (χ2n) is 5.21. The molecule has 7 heteroatoms. The molecule has 0 unspecified atom stereocenters. The number of benzene rings is 1. The Hall–Kier alpha value is -3.22. The number of nitrogens with zero attached hydrogens (tertiary/aromatic N) is 3. The van der Waals surface area contributed by atoms with Crippen molar-refractivity contribution < 1.29 is 4.79 Å². The normalized spacial score (nSPS) is 10.5. The van der Waals surface area contributed by atoms with Crippen LogP contribution in [-0.4, -0.2) is 26.1 Å². The molecule has 2 aromatic heterocycles. The highest BCUT2D eigenvalue weighted by molar-refractivity contribution is 6.06. The molecular weight excluding hydrogens is 292 g/mol. The van der Waals surface area contributed by atoms with Crippen molar-refractivity contribution in [2.24, 2.45) is 0 Å². The lowest BCUT2D eigenvalue weighted by Crippen LogP contribution is -2.15. The highest BCUT2D eigenvalue weighted by Gasteiger charge is 2.16. The van der Waals surface area contributed by atoms with Crippen LogP contribution in [0.1, 0.15) is 21.5 Å². The average molecular weight is 308 g/mol. The zero-order valence-corrected chi connectivity index (χ0v) is 12.8. The first kappa shape index (κ1) is 14.7. The van der Waals surface area contributed by atoms with E-state index in [4.69, 9.17) is 5.73 Å². The minimum atomic E-state index is -0.245. The summed E-state index contributed by atoms with van der Waals surface area (Å²) in [6.07, 6.45) is 3.03. The van der Waals surface area contributed by atoms with E-state index >= 15 is 0 Å². The van der Waals surface area contributed by atoms with Crippen LogP contribution < -0.4 is 11.1 Å². The van der Waals surface area contributed by atoms with Crippen molar-refractivity contribution in [1.29, 1.82) is 0 Å². The Morgan fingerprint density at radius 1 is 1.22 bits per heavy atom. The molecule has 0 saturated carbocycles. The fraction of sp³-hybridized carbons (Fsp3) is 0.125. The van der Waals surface area contributed by atoms with Gasteiger partial charge in [0.2, 0.25) is 0 Å². The zero-order valence-electron chi connectivity index (χ0n) is 12.8. The number of amides is 1. The second kappa shape index (κ2) is 5.88. The summed E-state index contributed by atoms with van der Waals surface area (Å²) in [6.45, 7) is 3.72. The first-order valence-electron chi connectivity index (χ1n) is 7.05. The second-order valence-corrected chi connectivity index (χ2v) is 5.21. The lowest BCUT2D eigenvalue weighted by Gasteiger charge is -2.11. The summed E-state index contributed by atoms with van der Waals surface area (Å²) in [6, 6.07) is 7.16. The molecule has 0 saturated heterocycles. The van der Waals surface area contributed by atoms with Crippen molar-refractivity contribution in [1.82, 2.24) is 20.2 Å². The molecule has 0 bridgehead atoms. The lowest BCUT2D eigenvalue weighted by atomic mass is 10.0. The van der Waals surface area contributed by atoms with Crippen LogP contribution in [0.4, 0.5) is 11.5 Å². The standard InChI is InChI=1S/C16H16N6O/c1-9-4-3-5-18-14(9)21-16(23)11-7-12(13(17)6-10(11)2)15-19-8-20-22-15/h3-8H,17H2,1-2H3,(H,18,21,23)(H,19,20,22). The fourth-order valence-corrected chi connectivity index (χ4v) is 2.31. The number of nitrogens with two attached hydrogens (primary N) is 1. The summed E-state index contributed by atoms with van der Waals surface area (Å²) in [4.78, 5) is 20.8. The minimum Gasteiger partial charge on any atom is -0.398 e. The highest BCUT2D eigenvalue weighted by Crippen LogP contribution is 2.26. The molecule has 0 aliphatic carbocycles. The van der Waals surface area contributed by atoms with Gasteiger partial charge < -0.3 is 11.1 Å². The zero-order chi connectivity index (χ0) is 16.4. The monoisotopic (exact) mass is 308 g/mol. The Bertz CT molecular complexity index is 857. The average Bonchev–Trinajstić information content (AvgIpc) is 3.03. The molecule has 0 spiro atoms. The highest BCUT2D eigenvalue weighted by atomic mass is 16.1. The SMILES string of the molecule is Cc1cc(N)c(-c2ncn[nH]2)cc1C(=O)Nc1ncccc1C. The van der Waals surface area contributed by atoms with Crippen LogP contribution in [0.15, 0.2) is 36.8 Å². The summed E-state index contributed by atoms with van der Waals surface area (Å²) in [5.74, 6) is 0.811. The van der Waals surface area contributed by atoms with Crippen LogP contribution in [0.25, 0.3) is 11.4 Å². The van der Waals surface area contributed by atoms with Crippen molar-refractivity contribution in [3.05, 3.63) is 53.5 Å². The van der Waals surface area contributed by atoms with Crippen LogP contribution in [0.5, 0.6) is 0 Å². The Morgan fingerprint density at radius 2 is 2.04 bits per heavy atom. The number of H-pyrrole nitrogens is 1. The molecule has 1 amide bonds. The van der Waals surface area contributed by atoms with E-state index in [0.717, 1.165) is 11.1 Å². The van der Waals surface area contributed by atoms with Gasteiger partial charge in [0.1, 0.15) is 12.1 Å². The molecule has 0 atom stereocenters. The van der Waals surface area contributed by atoms with E-state index in [1.165, 1.54) is 6.33 Å². The van der Waals surface area contributed by atoms with E-state index in [1.54, 1.807) is 18.3 Å². The summed E-state index contributed by atoms with van der Waals surface area (Å²) in [5.41, 5.74) is 9.37. The summed E-state index contributed by atoms with van der Waals surface area (Å²) in [7, 11) is 0. The maximum Gasteiger partial charge on any atom is 0.257 e. The molecule has 0 aliphatic rings. The van der Waals surface area contributed by atoms with Gasteiger partial charge in [-0.2, -0.15) is 5.10 Å². The van der Waals surface area contributed by atoms with E-state index < -0.39 is 0 Å². The molecule has 116 valence electrons. The number of carbonyl (C=O) groups excluding carboxylic acids is 1. The number of anilines is 2. The van der Waals surface area contributed by atoms with Crippen molar-refractivity contribution in [2.75, 3.05) is 11.1 Å². The van der Waals surface area contributed by atoms with E-state index in [2.05, 4.69) is 25.5 Å². The number of aromatic nitrogens is 4. The minimum absolute atomic E-state index is 0.245. The number of pyridine rings is 1. The Kier molecular flexibility index (Phi) is 3.76. The van der Waals surface area contributed by atoms with Crippen LogP contribution in [0.2, 0.25) is 0 Å². The third kappa shape index (κ3) is 2.89. The lowest BCUT2D eigenvalue weighted by molar-refractivity contribution is 0.102. The topological polar surface area (TPSA) is 110 Å². The molecule has 2 heterocycles. The van der Waals surface area contributed by atoms with Gasteiger partial charge in [0, 0.05) is 23.0 Å². The van der Waals surface area contributed by atoms with Gasteiger partial charge in [-0.25, -0.2) is 9.97 Å². The molecule has 7 nitrogen and oxygen atoms in total. The number of nitrogens with one attached hydrogen (secondary N) is 2. The molecule has 4 N–H and O–H groups in total. The van der Waals surface area contributed by atoms with Gasteiger partial charge in [-0.05, 0) is 43.2 Å². The molecule has 3 aromatic rings. The first-order valence-corrected chi connectivity index (χ1v) is 7.05. The van der Waals surface area contributed by atoms with Crippen molar-refractivity contribution >= 4 is 17.4 Å². The number of aromatic amines is 1. The third-order valence-corrected chi connectivity index (χ3v) is 3.55. The van der Waals surface area contributed by atoms with Crippen LogP contribution >= 0.6 is 0 Å². The van der Waals surface area contributed by atoms with Crippen molar-refractivity contribution in [3.63, 3.8) is 0 Å². The van der Waals surface area contributed by atoms with Crippen molar-refractivity contribution in [3.8, 4) is 11.4 Å². The predicted molar refractivity (Wildman–Crippen MR) is 87.9 cm³/mol. The molecule has 0 radical (unpaired) electrons. The van der Waals surface area contributed by atoms with E-state index in [9.17, 15) is 4.79 Å². The maximum atomic E-state index is 12.6. The fourth-order valence-electron chi connectivity index (χ4n) is 2.31. The van der Waals surface area contributed by atoms with Gasteiger partial charge in [0.15, 0.2) is 5.82 Å². The number of hydrogen-bond acceptors (Lipinski definition) is 5. The van der Waals surface area contributed by atoms with Crippen LogP contribution in [0, 0.1) is 13.8 Å². The molecule has 23 heavy (non-hydrogen) atoms. The van der Waals surface area contributed by atoms with Gasteiger partial charge in [-0.1, -0.05) is 6.07 Å². The maximum absolute atomic E-state index is 12.6. The van der Waals surface area contributed by atoms with Gasteiger partial charge in [0.05, 0.1) is 0 Å². The molecular formula is C16H16N6O. The summed E-state index contributed by atoms with van der Waals surface area (Å²) >= 11 is 0. The van der Waals surface area contributed by atoms with Crippen molar-refractivity contribution in [2.45, 2.75) is 13.8 Å². The Balaban J connectivity index is 1.98. The van der Waals surface area contributed by atoms with E-state index in [1.807, 2.05) is 26.0 Å². The van der Waals surface area contributed by atoms with E-state index in [-0.39, 0.29) is 5.91 Å². The Labute approximate surface area is 133 Å². The first-order chi connectivity index (χ1) is 11.1. The third-order valence-electron chi connectivity index (χ3n) is 3.55. The smallest absolute Gasteiger partial charge is 0.257 e. The predicted octanol–water partition coefficient (Wildman–Crippen LogP) is 2.32. The van der Waals surface area contributed by atoms with Crippen LogP contribution in [-0.2, 0) is 0 Å². The summed E-state index contributed by atoms with van der Waals surface area (Å²) < 4.78 is 0. The van der Waals surface area contributed by atoms with Crippen LogP contribution in [0.3, 0.4) is 0 Å². The number of nitrogen functional groups attached to an aromatic ring is 1. The number of aryl methyl sites for hydroxylation is 2. The molecule has 0 aliphatic heterocycles. The quantitative estimate of drug-likeness (QED) is 0.643. The molecule has 3 rings (SSSR count). The largest absolute Gasteiger partial charge is 0.398 e. The summed E-state index contributed by atoms with van der Waals surface area (Å²) in [5, 5.41) is 9.39. The van der Waals surface area contributed by atoms with E-state index in [0.29, 0.717) is 28.5 Å². The number of rotatable bonds is 3. The van der Waals surface area contributed by atoms with Gasteiger partial charge >= 0.3 is 0 Å². The number of hydrogen-bond donors (Lipinski definition) is 3. The molecule has 0 fully saturated rings. The molecule has 1 aromatic carbocycles. The van der Waals surface area contributed by atoms with Gasteiger partial charge in [-0.3, -0.25) is 9.89 Å². The van der Waals surface area contributed by atoms with Gasteiger partial charge in [0.25, 0.3) is 5.91 Å². The Morgan fingerprint density at radius 3 is 2.74 bits per heavy atom. The number of carbonyl (C=O) groups is 1.